The molecule has 1 amide bonds. The van der Waals surface area contributed by atoms with Crippen LogP contribution in [0.3, 0.4) is 0 Å². The molecule has 16 heavy (non-hydrogen) atoms. The molecule has 0 aromatic carbocycles. The molecule has 94 valence electrons. The summed E-state index contributed by atoms with van der Waals surface area (Å²) in [5.41, 5.74) is 0. The summed E-state index contributed by atoms with van der Waals surface area (Å²) < 4.78 is 0. The zero-order valence-electron chi connectivity index (χ0n) is 10.7. The van der Waals surface area contributed by atoms with Gasteiger partial charge in [-0.1, -0.05) is 26.7 Å². The molecule has 1 atom stereocenters. The first kappa shape index (κ1) is 13.5. The van der Waals surface area contributed by atoms with E-state index in [9.17, 15) is 4.79 Å². The highest BCUT2D eigenvalue weighted by Gasteiger charge is 2.21. The van der Waals surface area contributed by atoms with E-state index in [1.807, 2.05) is 0 Å². The van der Waals surface area contributed by atoms with E-state index in [2.05, 4.69) is 24.5 Å². The molecule has 3 nitrogen and oxygen atoms in total. The van der Waals surface area contributed by atoms with Gasteiger partial charge in [-0.15, -0.1) is 0 Å². The van der Waals surface area contributed by atoms with Crippen LogP contribution in [0, 0.1) is 5.92 Å². The number of piperidine rings is 1. The van der Waals surface area contributed by atoms with Crippen LogP contribution in [0.1, 0.15) is 52.4 Å². The first-order valence-corrected chi connectivity index (χ1v) is 6.79. The molecule has 0 saturated carbocycles. The number of carbonyl (C=O) groups is 1. The molecule has 1 fully saturated rings. The van der Waals surface area contributed by atoms with Crippen molar-refractivity contribution in [3.8, 4) is 0 Å². The maximum atomic E-state index is 12.1. The number of amides is 1. The van der Waals surface area contributed by atoms with Crippen molar-refractivity contribution in [3.63, 3.8) is 0 Å². The molecule has 2 N–H and O–H groups in total. The van der Waals surface area contributed by atoms with Gasteiger partial charge in [0, 0.05) is 18.5 Å². The van der Waals surface area contributed by atoms with Crippen molar-refractivity contribution in [2.24, 2.45) is 5.92 Å². The summed E-state index contributed by atoms with van der Waals surface area (Å²) >= 11 is 0. The average molecular weight is 226 g/mol. The molecule has 0 aliphatic carbocycles. The Labute approximate surface area is 99.4 Å². The molecule has 0 radical (unpaired) electrons. The number of nitrogens with one attached hydrogen (secondary N) is 2. The SMILES string of the molecule is CCCC(CCC)C(=O)N[C@@H]1CCCNC1. The lowest BCUT2D eigenvalue weighted by molar-refractivity contribution is -0.126. The average Bonchev–Trinajstić information content (AvgIpc) is 2.30. The van der Waals surface area contributed by atoms with Gasteiger partial charge in [0.2, 0.25) is 5.91 Å². The van der Waals surface area contributed by atoms with Crippen LogP contribution in [-0.4, -0.2) is 25.0 Å². The summed E-state index contributed by atoms with van der Waals surface area (Å²) in [5, 5.41) is 6.52. The van der Waals surface area contributed by atoms with Gasteiger partial charge in [0.1, 0.15) is 0 Å². The van der Waals surface area contributed by atoms with Gasteiger partial charge in [0.05, 0.1) is 0 Å². The Morgan fingerprint density at radius 2 is 2.06 bits per heavy atom. The first-order valence-electron chi connectivity index (χ1n) is 6.79. The second-order valence-corrected chi connectivity index (χ2v) is 4.83. The molecule has 0 aromatic heterocycles. The van der Waals surface area contributed by atoms with Crippen LogP contribution in [0.15, 0.2) is 0 Å². The molecule has 1 heterocycles. The number of carbonyl (C=O) groups excluding carboxylic acids is 1. The van der Waals surface area contributed by atoms with E-state index in [1.165, 1.54) is 6.42 Å². The van der Waals surface area contributed by atoms with Gasteiger partial charge >= 0.3 is 0 Å². The van der Waals surface area contributed by atoms with Crippen LogP contribution in [0.2, 0.25) is 0 Å². The minimum Gasteiger partial charge on any atom is -0.352 e. The monoisotopic (exact) mass is 226 g/mol. The third-order valence-corrected chi connectivity index (χ3v) is 3.29. The zero-order chi connectivity index (χ0) is 11.8. The first-order chi connectivity index (χ1) is 7.77. The lowest BCUT2D eigenvalue weighted by Gasteiger charge is -2.26. The molecule has 0 spiro atoms. The van der Waals surface area contributed by atoms with Crippen LogP contribution in [0.25, 0.3) is 0 Å². The third kappa shape index (κ3) is 4.52. The van der Waals surface area contributed by atoms with Crippen molar-refractivity contribution in [1.29, 1.82) is 0 Å². The summed E-state index contributed by atoms with van der Waals surface area (Å²) in [6, 6.07) is 0.359. The van der Waals surface area contributed by atoms with Crippen molar-refractivity contribution < 1.29 is 4.79 Å². The van der Waals surface area contributed by atoms with Crippen LogP contribution in [0.5, 0.6) is 0 Å². The predicted molar refractivity (Wildman–Crippen MR) is 67.3 cm³/mol. The molecular weight excluding hydrogens is 200 g/mol. The molecule has 1 saturated heterocycles. The van der Waals surface area contributed by atoms with Gasteiger partial charge in [-0.25, -0.2) is 0 Å². The van der Waals surface area contributed by atoms with Crippen LogP contribution >= 0.6 is 0 Å². The summed E-state index contributed by atoms with van der Waals surface area (Å²) in [5.74, 6) is 0.509. The highest BCUT2D eigenvalue weighted by atomic mass is 16.1. The van der Waals surface area contributed by atoms with E-state index in [-0.39, 0.29) is 11.8 Å². The Bertz CT molecular complexity index is 194. The lowest BCUT2D eigenvalue weighted by Crippen LogP contribution is -2.47. The van der Waals surface area contributed by atoms with Crippen molar-refractivity contribution in [1.82, 2.24) is 10.6 Å². The second-order valence-electron chi connectivity index (χ2n) is 4.83. The minimum atomic E-state index is 0.233. The number of hydrogen-bond acceptors (Lipinski definition) is 2. The van der Waals surface area contributed by atoms with Crippen LogP contribution in [-0.2, 0) is 4.79 Å². The highest BCUT2D eigenvalue weighted by Crippen LogP contribution is 2.14. The maximum absolute atomic E-state index is 12.1. The summed E-state index contributed by atoms with van der Waals surface area (Å²) in [6.45, 7) is 6.34. The van der Waals surface area contributed by atoms with Gasteiger partial charge < -0.3 is 10.6 Å². The normalized spacial score (nSPS) is 21.1. The Morgan fingerprint density at radius 3 is 2.56 bits per heavy atom. The Morgan fingerprint density at radius 1 is 1.38 bits per heavy atom. The number of hydrogen-bond donors (Lipinski definition) is 2. The molecule has 1 aliphatic rings. The van der Waals surface area contributed by atoms with Crippen molar-refractivity contribution in [2.45, 2.75) is 58.4 Å². The topological polar surface area (TPSA) is 41.1 Å². The van der Waals surface area contributed by atoms with E-state index >= 15 is 0 Å². The van der Waals surface area contributed by atoms with Gasteiger partial charge in [-0.2, -0.15) is 0 Å². The zero-order valence-corrected chi connectivity index (χ0v) is 10.7. The van der Waals surface area contributed by atoms with Gasteiger partial charge in [0.15, 0.2) is 0 Å². The van der Waals surface area contributed by atoms with E-state index in [1.54, 1.807) is 0 Å². The van der Waals surface area contributed by atoms with Gasteiger partial charge in [-0.05, 0) is 32.2 Å². The van der Waals surface area contributed by atoms with E-state index in [0.29, 0.717) is 6.04 Å². The van der Waals surface area contributed by atoms with Gasteiger partial charge in [0.25, 0.3) is 0 Å². The fourth-order valence-corrected chi connectivity index (χ4v) is 2.40. The standard InChI is InChI=1S/C13H26N2O/c1-3-6-11(7-4-2)13(16)15-12-8-5-9-14-10-12/h11-12,14H,3-10H2,1-2H3,(H,15,16)/t12-/m1/s1. The Hall–Kier alpha value is -0.570. The fraction of sp³-hybridized carbons (Fsp3) is 0.923. The van der Waals surface area contributed by atoms with Crippen LogP contribution < -0.4 is 10.6 Å². The summed E-state index contributed by atoms with van der Waals surface area (Å²) in [4.78, 5) is 12.1. The van der Waals surface area contributed by atoms with Crippen LogP contribution in [0.4, 0.5) is 0 Å². The predicted octanol–water partition coefficient (Wildman–Crippen LogP) is 2.07. The molecule has 0 unspecified atom stereocenters. The van der Waals surface area contributed by atoms with Crippen molar-refractivity contribution in [2.75, 3.05) is 13.1 Å². The molecule has 1 rings (SSSR count). The molecule has 3 heteroatoms. The molecule has 0 bridgehead atoms. The molecular formula is C13H26N2O. The van der Waals surface area contributed by atoms with E-state index in [0.717, 1.165) is 45.2 Å². The highest BCUT2D eigenvalue weighted by molar-refractivity contribution is 5.78. The largest absolute Gasteiger partial charge is 0.352 e. The van der Waals surface area contributed by atoms with E-state index in [4.69, 9.17) is 0 Å². The maximum Gasteiger partial charge on any atom is 0.223 e. The second kappa shape index (κ2) is 7.66. The third-order valence-electron chi connectivity index (χ3n) is 3.29. The minimum absolute atomic E-state index is 0.233. The van der Waals surface area contributed by atoms with E-state index < -0.39 is 0 Å². The fourth-order valence-electron chi connectivity index (χ4n) is 2.40. The van der Waals surface area contributed by atoms with Crippen molar-refractivity contribution >= 4 is 5.91 Å². The lowest BCUT2D eigenvalue weighted by atomic mass is 9.96. The smallest absolute Gasteiger partial charge is 0.223 e. The summed E-state index contributed by atoms with van der Waals surface area (Å²) in [7, 11) is 0. The Balaban J connectivity index is 2.34. The number of rotatable bonds is 6. The molecule has 0 aromatic rings. The molecule has 1 aliphatic heterocycles. The Kier molecular flexibility index (Phi) is 6.46. The summed E-state index contributed by atoms with van der Waals surface area (Å²) in [6.07, 6.45) is 6.56. The quantitative estimate of drug-likeness (QED) is 0.728. The van der Waals surface area contributed by atoms with Gasteiger partial charge in [-0.3, -0.25) is 4.79 Å². The van der Waals surface area contributed by atoms with Crippen molar-refractivity contribution in [3.05, 3.63) is 0 Å².